The van der Waals surface area contributed by atoms with Crippen molar-refractivity contribution in [3.05, 3.63) is 12.2 Å². The van der Waals surface area contributed by atoms with E-state index in [9.17, 15) is 9.59 Å². The summed E-state index contributed by atoms with van der Waals surface area (Å²) in [7, 11) is 2.90. The van der Waals surface area contributed by atoms with E-state index in [0.29, 0.717) is 6.54 Å². The van der Waals surface area contributed by atoms with Crippen LogP contribution in [-0.4, -0.2) is 42.9 Å². The normalized spacial score (nSPS) is 12.2. The van der Waals surface area contributed by atoms with Crippen molar-refractivity contribution < 1.29 is 9.59 Å². The van der Waals surface area contributed by atoms with Crippen LogP contribution >= 0.6 is 22.6 Å². The third-order valence-electron chi connectivity index (χ3n) is 2.28. The van der Waals surface area contributed by atoms with Gasteiger partial charge in [0.25, 0.3) is 11.8 Å². The summed E-state index contributed by atoms with van der Waals surface area (Å²) in [5.41, 5.74) is 0. The van der Waals surface area contributed by atoms with Gasteiger partial charge in [-0.2, -0.15) is 0 Å². The lowest BCUT2D eigenvalue weighted by atomic mass is 10.2. The number of terminal acetylenes is 1. The lowest BCUT2D eigenvalue weighted by Crippen LogP contribution is -2.34. The summed E-state index contributed by atoms with van der Waals surface area (Å²) in [6.07, 6.45) is 8.99. The summed E-state index contributed by atoms with van der Waals surface area (Å²) >= 11 is 3.81. The van der Waals surface area contributed by atoms with Crippen molar-refractivity contribution in [1.29, 1.82) is 0 Å². The lowest BCUT2D eigenvalue weighted by Gasteiger charge is -2.17. The Labute approximate surface area is 123 Å². The summed E-state index contributed by atoms with van der Waals surface area (Å²) in [4.78, 5) is 24.1. The second kappa shape index (κ2) is 10.8. The monoisotopic (exact) mass is 301 g/mol. The van der Waals surface area contributed by atoms with Gasteiger partial charge >= 0.3 is 0 Å². The molecule has 0 radical (unpaired) electrons. The number of hydrogen-bond donors (Lipinski definition) is 3. The number of nitrogens with one attached hydrogen (secondary N) is 2. The standard InChI is InChI=1S/C12H19N3O2S2/c1-4-11(16)13-10(2)7-9-15(3)8-5-6-12(17)14-19-18/h1,5-6,10,18H,7-9H2,2-3H3,(H,13,16)(H,14,17)/b6-5+. The Morgan fingerprint density at radius 2 is 2.26 bits per heavy atom. The van der Waals surface area contributed by atoms with E-state index in [2.05, 4.69) is 21.7 Å². The number of rotatable bonds is 8. The number of carbonyl (C=O) groups excluding carboxylic acids is 2. The lowest BCUT2D eigenvalue weighted by molar-refractivity contribution is -0.116. The van der Waals surface area contributed by atoms with Crippen molar-refractivity contribution in [2.75, 3.05) is 20.1 Å². The minimum atomic E-state index is -0.393. The topological polar surface area (TPSA) is 61.4 Å². The van der Waals surface area contributed by atoms with Crippen molar-refractivity contribution in [2.24, 2.45) is 0 Å². The highest BCUT2D eigenvalue weighted by molar-refractivity contribution is 8.68. The third-order valence-corrected chi connectivity index (χ3v) is 2.85. The molecule has 2 N–H and O–H groups in total. The molecule has 106 valence electrons. The zero-order valence-corrected chi connectivity index (χ0v) is 12.8. The molecule has 1 atom stereocenters. The Balaban J connectivity index is 3.81. The highest BCUT2D eigenvalue weighted by Gasteiger charge is 2.05. The average Bonchev–Trinajstić information content (AvgIpc) is 2.36. The minimum Gasteiger partial charge on any atom is -0.343 e. The maximum absolute atomic E-state index is 11.1. The highest BCUT2D eigenvalue weighted by atomic mass is 33.1. The van der Waals surface area contributed by atoms with Crippen molar-refractivity contribution in [1.82, 2.24) is 14.9 Å². The molecule has 0 bridgehead atoms. The van der Waals surface area contributed by atoms with Crippen LogP contribution < -0.4 is 10.0 Å². The molecular formula is C12H19N3O2S2. The second-order valence-electron chi connectivity index (χ2n) is 4.03. The first kappa shape index (κ1) is 17.9. The molecule has 0 saturated heterocycles. The first-order chi connectivity index (χ1) is 8.99. The van der Waals surface area contributed by atoms with E-state index in [0.717, 1.165) is 23.9 Å². The molecule has 1 unspecified atom stereocenters. The van der Waals surface area contributed by atoms with E-state index >= 15 is 0 Å². The smallest absolute Gasteiger partial charge is 0.295 e. The Hall–Kier alpha value is -1.10. The number of hydrogen-bond acceptors (Lipinski definition) is 5. The van der Waals surface area contributed by atoms with Crippen molar-refractivity contribution in [3.8, 4) is 12.3 Å². The van der Waals surface area contributed by atoms with Gasteiger partial charge in [-0.25, -0.2) is 0 Å². The van der Waals surface area contributed by atoms with E-state index in [1.165, 1.54) is 6.08 Å². The summed E-state index contributed by atoms with van der Waals surface area (Å²) in [5, 5.41) is 2.68. The number of likely N-dealkylation sites (N-methyl/N-ethyl adjacent to an activating group) is 1. The van der Waals surface area contributed by atoms with Crippen LogP contribution in [0, 0.1) is 12.3 Å². The summed E-state index contributed by atoms with van der Waals surface area (Å²) < 4.78 is 2.47. The molecular weight excluding hydrogens is 282 g/mol. The van der Waals surface area contributed by atoms with Crippen LogP contribution in [-0.2, 0) is 9.59 Å². The number of thiol groups is 1. The Morgan fingerprint density at radius 1 is 1.58 bits per heavy atom. The van der Waals surface area contributed by atoms with Gasteiger partial charge in [-0.15, -0.1) is 6.42 Å². The molecule has 0 aromatic carbocycles. The van der Waals surface area contributed by atoms with Crippen LogP contribution in [0.1, 0.15) is 13.3 Å². The zero-order chi connectivity index (χ0) is 14.7. The van der Waals surface area contributed by atoms with E-state index in [4.69, 9.17) is 6.42 Å². The first-order valence-corrected chi connectivity index (χ1v) is 7.59. The summed E-state index contributed by atoms with van der Waals surface area (Å²) in [5.74, 6) is 1.43. The zero-order valence-electron chi connectivity index (χ0n) is 11.0. The van der Waals surface area contributed by atoms with Crippen LogP contribution in [0.4, 0.5) is 0 Å². The molecule has 0 aromatic rings. The summed E-state index contributed by atoms with van der Waals surface area (Å²) in [6.45, 7) is 3.34. The molecule has 0 heterocycles. The largest absolute Gasteiger partial charge is 0.343 e. The van der Waals surface area contributed by atoms with Gasteiger partial charge in [-0.05, 0) is 26.3 Å². The van der Waals surface area contributed by atoms with Gasteiger partial charge in [0.15, 0.2) is 0 Å². The van der Waals surface area contributed by atoms with Gasteiger partial charge in [0.2, 0.25) is 0 Å². The highest BCUT2D eigenvalue weighted by Crippen LogP contribution is 1.97. The van der Waals surface area contributed by atoms with Gasteiger partial charge < -0.3 is 10.2 Å². The average molecular weight is 301 g/mol. The molecule has 0 aromatic heterocycles. The SMILES string of the molecule is C#CC(=O)NC(C)CCN(C)C/C=C/C(=O)NSS. The molecule has 5 nitrogen and oxygen atoms in total. The van der Waals surface area contributed by atoms with E-state index in [1.807, 2.05) is 24.8 Å². The molecule has 19 heavy (non-hydrogen) atoms. The van der Waals surface area contributed by atoms with Gasteiger partial charge in [-0.3, -0.25) is 14.3 Å². The molecule has 2 amide bonds. The number of carbonyl (C=O) groups is 2. The summed E-state index contributed by atoms with van der Waals surface area (Å²) in [6, 6.07) is 0.0267. The molecule has 0 aliphatic rings. The van der Waals surface area contributed by atoms with Crippen LogP contribution in [0.3, 0.4) is 0 Å². The quantitative estimate of drug-likeness (QED) is 0.202. The fourth-order valence-corrected chi connectivity index (χ4v) is 1.69. The van der Waals surface area contributed by atoms with Crippen molar-refractivity contribution in [3.63, 3.8) is 0 Å². The van der Waals surface area contributed by atoms with Crippen LogP contribution in [0.5, 0.6) is 0 Å². The predicted octanol–water partition coefficient (Wildman–Crippen LogP) is 0.612. The van der Waals surface area contributed by atoms with E-state index < -0.39 is 5.91 Å². The van der Waals surface area contributed by atoms with Crippen molar-refractivity contribution >= 4 is 34.5 Å². The van der Waals surface area contributed by atoms with Gasteiger partial charge in [0, 0.05) is 36.2 Å². The fourth-order valence-electron chi connectivity index (χ4n) is 1.26. The molecule has 0 aliphatic heterocycles. The maximum Gasteiger partial charge on any atom is 0.295 e. The number of amides is 2. The van der Waals surface area contributed by atoms with E-state index in [1.54, 1.807) is 6.08 Å². The third kappa shape index (κ3) is 10.5. The first-order valence-electron chi connectivity index (χ1n) is 5.72. The van der Waals surface area contributed by atoms with Crippen LogP contribution in [0.15, 0.2) is 12.2 Å². The van der Waals surface area contributed by atoms with Crippen LogP contribution in [0.25, 0.3) is 0 Å². The van der Waals surface area contributed by atoms with Gasteiger partial charge in [-0.1, -0.05) is 17.7 Å². The van der Waals surface area contributed by atoms with Gasteiger partial charge in [0.1, 0.15) is 0 Å². The van der Waals surface area contributed by atoms with Gasteiger partial charge in [0.05, 0.1) is 0 Å². The fraction of sp³-hybridized carbons (Fsp3) is 0.500. The Bertz CT molecular complexity index is 366. The molecule has 0 saturated carbocycles. The molecule has 0 spiro atoms. The number of nitrogens with zero attached hydrogens (tertiary/aromatic N) is 1. The molecule has 0 aliphatic carbocycles. The Morgan fingerprint density at radius 3 is 2.84 bits per heavy atom. The van der Waals surface area contributed by atoms with Crippen LogP contribution in [0.2, 0.25) is 0 Å². The molecule has 0 rings (SSSR count). The Kier molecular flexibility index (Phi) is 10.2. The predicted molar refractivity (Wildman–Crippen MR) is 82.4 cm³/mol. The maximum atomic E-state index is 11.1. The second-order valence-corrected chi connectivity index (χ2v) is 4.96. The van der Waals surface area contributed by atoms with E-state index in [-0.39, 0.29) is 11.9 Å². The minimum absolute atomic E-state index is 0.0267. The molecule has 0 fully saturated rings. The van der Waals surface area contributed by atoms with Crippen molar-refractivity contribution in [2.45, 2.75) is 19.4 Å². The molecule has 7 heteroatoms.